The van der Waals surface area contributed by atoms with Gasteiger partial charge in [-0.3, -0.25) is 4.79 Å². The van der Waals surface area contributed by atoms with Crippen molar-refractivity contribution in [2.45, 2.75) is 30.7 Å². The first-order valence-electron chi connectivity index (χ1n) is 8.43. The average molecular weight is 359 g/mol. The van der Waals surface area contributed by atoms with Crippen LogP contribution in [0.1, 0.15) is 30.5 Å². The second-order valence-electron chi connectivity index (χ2n) is 6.13. The molecule has 0 aliphatic carbocycles. The van der Waals surface area contributed by atoms with E-state index in [0.717, 1.165) is 33.9 Å². The Morgan fingerprint density at radius 3 is 2.76 bits per heavy atom. The molecule has 1 amide bonds. The summed E-state index contributed by atoms with van der Waals surface area (Å²) in [5, 5.41) is 0. The molecule has 0 spiro atoms. The predicted molar refractivity (Wildman–Crippen MR) is 98.6 cm³/mol. The number of ether oxygens (including phenoxy) is 1. The lowest BCUT2D eigenvalue weighted by Gasteiger charge is -2.35. The summed E-state index contributed by atoms with van der Waals surface area (Å²) in [7, 11) is 1.64. The molecule has 1 aliphatic rings. The highest BCUT2D eigenvalue weighted by molar-refractivity contribution is 7.99. The van der Waals surface area contributed by atoms with Crippen molar-refractivity contribution in [1.82, 2.24) is 4.90 Å². The Hall–Kier alpha value is -2.01. The second kappa shape index (κ2) is 7.91. The standard InChI is InChI=1S/C20H22FNO2S/c1-14-19-13-16(21)4-3-15(19)9-11-22(14)20(23)10-12-25-18-7-5-17(24-2)6-8-18/h3-8,13-14H,9-12H2,1-2H3. The Labute approximate surface area is 152 Å². The van der Waals surface area contributed by atoms with Gasteiger partial charge in [0.15, 0.2) is 0 Å². The van der Waals surface area contributed by atoms with Crippen molar-refractivity contribution in [1.29, 1.82) is 0 Å². The van der Waals surface area contributed by atoms with Gasteiger partial charge in [-0.15, -0.1) is 11.8 Å². The van der Waals surface area contributed by atoms with Gasteiger partial charge < -0.3 is 9.64 Å². The molecule has 0 saturated carbocycles. The fourth-order valence-corrected chi connectivity index (χ4v) is 4.04. The first-order chi connectivity index (χ1) is 12.1. The van der Waals surface area contributed by atoms with E-state index < -0.39 is 0 Å². The summed E-state index contributed by atoms with van der Waals surface area (Å²) in [5.41, 5.74) is 2.08. The quantitative estimate of drug-likeness (QED) is 0.738. The number of hydrogen-bond donors (Lipinski definition) is 0. The van der Waals surface area contributed by atoms with Gasteiger partial charge in [-0.05, 0) is 60.9 Å². The minimum atomic E-state index is -0.241. The zero-order valence-electron chi connectivity index (χ0n) is 14.5. The lowest BCUT2D eigenvalue weighted by atomic mass is 9.93. The molecular formula is C20H22FNO2S. The van der Waals surface area contributed by atoms with Crippen molar-refractivity contribution in [3.05, 3.63) is 59.4 Å². The fraction of sp³-hybridized carbons (Fsp3) is 0.350. The number of rotatable bonds is 5. The molecule has 2 aromatic rings. The van der Waals surface area contributed by atoms with Crippen LogP contribution in [0.3, 0.4) is 0 Å². The molecule has 2 aromatic carbocycles. The minimum Gasteiger partial charge on any atom is -0.497 e. The van der Waals surface area contributed by atoms with Crippen LogP contribution in [0.2, 0.25) is 0 Å². The van der Waals surface area contributed by atoms with E-state index in [0.29, 0.717) is 13.0 Å². The average Bonchev–Trinajstić information content (AvgIpc) is 2.63. The SMILES string of the molecule is COc1ccc(SCCC(=O)N2CCc3ccc(F)cc3C2C)cc1. The highest BCUT2D eigenvalue weighted by Gasteiger charge is 2.27. The van der Waals surface area contributed by atoms with Gasteiger partial charge in [0.25, 0.3) is 0 Å². The van der Waals surface area contributed by atoms with Crippen LogP contribution in [-0.2, 0) is 11.2 Å². The van der Waals surface area contributed by atoms with Crippen LogP contribution in [0.15, 0.2) is 47.4 Å². The zero-order chi connectivity index (χ0) is 17.8. The lowest BCUT2D eigenvalue weighted by Crippen LogP contribution is -2.39. The monoisotopic (exact) mass is 359 g/mol. The van der Waals surface area contributed by atoms with Gasteiger partial charge in [-0.25, -0.2) is 4.39 Å². The second-order valence-corrected chi connectivity index (χ2v) is 7.30. The first kappa shape index (κ1) is 17.8. The van der Waals surface area contributed by atoms with Gasteiger partial charge in [0.05, 0.1) is 13.2 Å². The summed E-state index contributed by atoms with van der Waals surface area (Å²) >= 11 is 1.66. The van der Waals surface area contributed by atoms with Crippen molar-refractivity contribution < 1.29 is 13.9 Å². The molecule has 0 saturated heterocycles. The summed E-state index contributed by atoms with van der Waals surface area (Å²) in [5.74, 6) is 1.44. The molecule has 1 atom stereocenters. The van der Waals surface area contributed by atoms with E-state index in [1.54, 1.807) is 24.9 Å². The van der Waals surface area contributed by atoms with Crippen molar-refractivity contribution in [2.24, 2.45) is 0 Å². The molecule has 1 unspecified atom stereocenters. The van der Waals surface area contributed by atoms with Gasteiger partial charge in [-0.2, -0.15) is 0 Å². The Morgan fingerprint density at radius 2 is 2.04 bits per heavy atom. The number of thioether (sulfide) groups is 1. The van der Waals surface area contributed by atoms with Crippen LogP contribution < -0.4 is 4.74 Å². The Morgan fingerprint density at radius 1 is 1.28 bits per heavy atom. The maximum Gasteiger partial charge on any atom is 0.223 e. The lowest BCUT2D eigenvalue weighted by molar-refractivity contribution is -0.133. The van der Waals surface area contributed by atoms with Crippen molar-refractivity contribution in [2.75, 3.05) is 19.4 Å². The summed E-state index contributed by atoms with van der Waals surface area (Å²) < 4.78 is 18.7. The predicted octanol–water partition coefficient (Wildman–Crippen LogP) is 4.46. The third-order valence-electron chi connectivity index (χ3n) is 4.61. The molecule has 5 heteroatoms. The van der Waals surface area contributed by atoms with Crippen LogP contribution in [0.4, 0.5) is 4.39 Å². The van der Waals surface area contributed by atoms with Gasteiger partial charge in [0, 0.05) is 23.6 Å². The van der Waals surface area contributed by atoms with Crippen LogP contribution in [0.5, 0.6) is 5.75 Å². The van der Waals surface area contributed by atoms with E-state index in [4.69, 9.17) is 4.74 Å². The number of methoxy groups -OCH3 is 1. The molecule has 3 rings (SSSR count). The number of carbonyl (C=O) groups excluding carboxylic acids is 1. The molecule has 0 radical (unpaired) electrons. The largest absolute Gasteiger partial charge is 0.497 e. The van der Waals surface area contributed by atoms with E-state index in [1.807, 2.05) is 42.2 Å². The number of halogens is 1. The van der Waals surface area contributed by atoms with Crippen molar-refractivity contribution in [3.8, 4) is 5.75 Å². The number of nitrogens with zero attached hydrogens (tertiary/aromatic N) is 1. The highest BCUT2D eigenvalue weighted by Crippen LogP contribution is 2.31. The van der Waals surface area contributed by atoms with Gasteiger partial charge in [0.2, 0.25) is 5.91 Å². The Balaban J connectivity index is 1.56. The molecular weight excluding hydrogens is 337 g/mol. The van der Waals surface area contributed by atoms with E-state index in [-0.39, 0.29) is 17.8 Å². The number of benzene rings is 2. The summed E-state index contributed by atoms with van der Waals surface area (Å²) in [6.45, 7) is 2.68. The minimum absolute atomic E-state index is 0.0714. The van der Waals surface area contributed by atoms with E-state index in [1.165, 1.54) is 6.07 Å². The molecule has 0 fully saturated rings. The Bertz CT molecular complexity index is 748. The van der Waals surface area contributed by atoms with Crippen molar-refractivity contribution in [3.63, 3.8) is 0 Å². The maximum atomic E-state index is 13.5. The molecule has 1 heterocycles. The molecule has 3 nitrogen and oxygen atoms in total. The first-order valence-corrected chi connectivity index (χ1v) is 9.41. The smallest absolute Gasteiger partial charge is 0.223 e. The number of carbonyl (C=O) groups is 1. The number of hydrogen-bond acceptors (Lipinski definition) is 3. The fourth-order valence-electron chi connectivity index (χ4n) is 3.20. The van der Waals surface area contributed by atoms with E-state index in [2.05, 4.69) is 0 Å². The number of amides is 1. The summed E-state index contributed by atoms with van der Waals surface area (Å²) in [6.07, 6.45) is 1.27. The van der Waals surface area contributed by atoms with Crippen LogP contribution in [-0.4, -0.2) is 30.2 Å². The van der Waals surface area contributed by atoms with Gasteiger partial charge >= 0.3 is 0 Å². The molecule has 0 N–H and O–H groups in total. The van der Waals surface area contributed by atoms with E-state index in [9.17, 15) is 9.18 Å². The van der Waals surface area contributed by atoms with Gasteiger partial charge in [-0.1, -0.05) is 6.07 Å². The third-order valence-corrected chi connectivity index (χ3v) is 5.63. The number of fused-ring (bicyclic) bond motifs is 1. The zero-order valence-corrected chi connectivity index (χ0v) is 15.3. The maximum absolute atomic E-state index is 13.5. The molecule has 132 valence electrons. The molecule has 0 aromatic heterocycles. The van der Waals surface area contributed by atoms with Crippen LogP contribution >= 0.6 is 11.8 Å². The van der Waals surface area contributed by atoms with Crippen LogP contribution in [0, 0.1) is 5.82 Å². The molecule has 1 aliphatic heterocycles. The van der Waals surface area contributed by atoms with Gasteiger partial charge in [0.1, 0.15) is 11.6 Å². The topological polar surface area (TPSA) is 29.5 Å². The highest BCUT2D eigenvalue weighted by atomic mass is 32.2. The normalized spacial score (nSPS) is 16.4. The molecule has 25 heavy (non-hydrogen) atoms. The summed E-state index contributed by atoms with van der Waals surface area (Å²) in [6, 6.07) is 12.7. The molecule has 0 bridgehead atoms. The van der Waals surface area contributed by atoms with E-state index >= 15 is 0 Å². The third kappa shape index (κ3) is 4.15. The van der Waals surface area contributed by atoms with Crippen molar-refractivity contribution >= 4 is 17.7 Å². The Kier molecular flexibility index (Phi) is 5.63. The van der Waals surface area contributed by atoms with Crippen LogP contribution in [0.25, 0.3) is 0 Å². The summed E-state index contributed by atoms with van der Waals surface area (Å²) in [4.78, 5) is 15.6.